The molecule has 4 N–H and O–H groups in total. The molecule has 2 aliphatic heterocycles. The number of esters is 1. The van der Waals surface area contributed by atoms with E-state index in [0.29, 0.717) is 31.2 Å². The number of cyclic esters (lactones) is 1. The molecule has 2 aromatic rings. The first-order valence-corrected chi connectivity index (χ1v) is 28.8. The van der Waals surface area contributed by atoms with Crippen molar-refractivity contribution in [2.75, 3.05) is 34.7 Å². The second-order valence-corrected chi connectivity index (χ2v) is 23.8. The molecule has 444 valence electrons. The molecule has 19 nitrogen and oxygen atoms in total. The van der Waals surface area contributed by atoms with E-state index < -0.39 is 137 Å². The third kappa shape index (κ3) is 16.4. The van der Waals surface area contributed by atoms with E-state index in [4.69, 9.17) is 4.74 Å². The van der Waals surface area contributed by atoms with Crippen LogP contribution in [-0.4, -0.2) is 178 Å². The summed E-state index contributed by atoms with van der Waals surface area (Å²) in [5.41, 5.74) is -0.551. The van der Waals surface area contributed by atoms with Gasteiger partial charge in [-0.3, -0.25) is 38.4 Å². The Balaban J connectivity index is 1.99. The van der Waals surface area contributed by atoms with Crippen LogP contribution in [0.1, 0.15) is 133 Å². The van der Waals surface area contributed by atoms with Gasteiger partial charge in [0.25, 0.3) is 5.91 Å². The fourth-order valence-corrected chi connectivity index (χ4v) is 11.1. The van der Waals surface area contributed by atoms with Crippen molar-refractivity contribution < 1.29 is 53.0 Å². The molecule has 2 aliphatic rings. The SMILES string of the molecule is CC[C@@H](C)[C@@H]1NC(=O)[C@@H]2CCCN2C(=O)[C@H](Cc2ccccc2)N(C)C(=O)[C@H](Cc2ccccc2)NC(=O)[C@H](C(C)C)N(C)C(=O)[C@H]([C@H](C)CC)OC(=O)[C@H](C(C)(C)O)N(C)C(=O)[C@H](CC(C)C)NC(=O)[C@H]([C@H](C)CC)N(C)C1=O. The molecule has 2 aromatic carbocycles. The monoisotopic (exact) mass is 1110 g/mol. The van der Waals surface area contributed by atoms with Gasteiger partial charge in [-0.25, -0.2) is 4.79 Å². The van der Waals surface area contributed by atoms with Gasteiger partial charge in [0.05, 0.1) is 5.60 Å². The maximum atomic E-state index is 15.3. The number of ether oxygens (including phenoxy) is 1. The Labute approximate surface area is 475 Å². The lowest BCUT2D eigenvalue weighted by molar-refractivity contribution is -0.177. The van der Waals surface area contributed by atoms with Gasteiger partial charge in [0.1, 0.15) is 42.3 Å². The number of likely N-dealkylation sites (N-methyl/N-ethyl adjacent to an activating group) is 4. The van der Waals surface area contributed by atoms with Crippen LogP contribution in [0.5, 0.6) is 0 Å². The number of carbonyl (C=O) groups excluding carboxylic acids is 9. The van der Waals surface area contributed by atoms with E-state index in [0.717, 1.165) is 10.5 Å². The van der Waals surface area contributed by atoms with Crippen LogP contribution < -0.4 is 16.0 Å². The molecule has 19 heteroatoms. The Morgan fingerprint density at radius 2 is 1.07 bits per heavy atom. The van der Waals surface area contributed by atoms with E-state index >= 15 is 9.59 Å². The first-order chi connectivity index (χ1) is 37.5. The Morgan fingerprint density at radius 1 is 0.575 bits per heavy atom. The number of aliphatic hydroxyl groups is 1. The van der Waals surface area contributed by atoms with Crippen LogP contribution in [0.25, 0.3) is 0 Å². The summed E-state index contributed by atoms with van der Waals surface area (Å²) in [6, 6.07) is 8.14. The van der Waals surface area contributed by atoms with Gasteiger partial charge in [-0.15, -0.1) is 0 Å². The molecule has 0 aliphatic carbocycles. The van der Waals surface area contributed by atoms with Crippen LogP contribution in [0.4, 0.5) is 0 Å². The predicted octanol–water partition coefficient (Wildman–Crippen LogP) is 4.76. The summed E-state index contributed by atoms with van der Waals surface area (Å²) in [6.07, 6.45) is 0.543. The van der Waals surface area contributed by atoms with Gasteiger partial charge in [-0.05, 0) is 74.3 Å². The summed E-state index contributed by atoms with van der Waals surface area (Å²) >= 11 is 0. The lowest BCUT2D eigenvalue weighted by Crippen LogP contribution is -2.63. The number of hydrogen-bond acceptors (Lipinski definition) is 11. The molecule has 4 rings (SSSR count). The van der Waals surface area contributed by atoms with Gasteiger partial charge in [-0.2, -0.15) is 0 Å². The van der Waals surface area contributed by atoms with Gasteiger partial charge in [0.2, 0.25) is 41.4 Å². The normalized spacial score (nSPS) is 26.7. The minimum absolute atomic E-state index is 0.00654. The molecule has 0 unspecified atom stereocenters. The quantitative estimate of drug-likeness (QED) is 0.188. The lowest BCUT2D eigenvalue weighted by atomic mass is 9.92. The second kappa shape index (κ2) is 29.4. The minimum Gasteiger partial charge on any atom is -0.450 e. The Hall–Kier alpha value is -6.37. The number of carbonyl (C=O) groups is 9. The van der Waals surface area contributed by atoms with Gasteiger partial charge in [0.15, 0.2) is 12.1 Å². The number of nitrogens with one attached hydrogen (secondary N) is 3. The lowest BCUT2D eigenvalue weighted by Gasteiger charge is -2.40. The molecule has 0 bridgehead atoms. The van der Waals surface area contributed by atoms with E-state index in [1.165, 1.54) is 61.6 Å². The summed E-state index contributed by atoms with van der Waals surface area (Å²) in [4.78, 5) is 141. The van der Waals surface area contributed by atoms with Crippen molar-refractivity contribution >= 4 is 53.2 Å². The van der Waals surface area contributed by atoms with Gasteiger partial charge in [0, 0.05) is 53.5 Å². The average molecular weight is 1120 g/mol. The molecule has 0 radical (unpaired) electrons. The van der Waals surface area contributed by atoms with Crippen LogP contribution in [0.15, 0.2) is 60.7 Å². The van der Waals surface area contributed by atoms with Crippen LogP contribution in [-0.2, 0) is 60.7 Å². The summed E-state index contributed by atoms with van der Waals surface area (Å²) in [6.45, 7) is 20.9. The third-order valence-corrected chi connectivity index (χ3v) is 16.4. The predicted molar refractivity (Wildman–Crippen MR) is 306 cm³/mol. The van der Waals surface area contributed by atoms with Crippen LogP contribution in [0.2, 0.25) is 0 Å². The number of amides is 8. The molecule has 80 heavy (non-hydrogen) atoms. The zero-order chi connectivity index (χ0) is 60.1. The summed E-state index contributed by atoms with van der Waals surface area (Å²) in [7, 11) is 5.70. The van der Waals surface area contributed by atoms with Crippen molar-refractivity contribution in [1.29, 1.82) is 0 Å². The Morgan fingerprint density at radius 3 is 1.59 bits per heavy atom. The maximum Gasteiger partial charge on any atom is 0.332 e. The highest BCUT2D eigenvalue weighted by Crippen LogP contribution is 2.28. The topological polar surface area (TPSA) is 235 Å². The molecule has 2 heterocycles. The molecule has 12 atom stereocenters. The molecule has 2 fully saturated rings. The van der Waals surface area contributed by atoms with Gasteiger partial charge in [-0.1, -0.05) is 143 Å². The maximum absolute atomic E-state index is 15.3. The van der Waals surface area contributed by atoms with Crippen molar-refractivity contribution in [3.8, 4) is 0 Å². The van der Waals surface area contributed by atoms with Gasteiger partial charge >= 0.3 is 5.97 Å². The zero-order valence-electron chi connectivity index (χ0n) is 50.5. The largest absolute Gasteiger partial charge is 0.450 e. The fourth-order valence-electron chi connectivity index (χ4n) is 11.1. The first-order valence-electron chi connectivity index (χ1n) is 28.8. The van der Waals surface area contributed by atoms with E-state index in [9.17, 15) is 38.7 Å². The first kappa shape index (κ1) is 66.1. The Bertz CT molecular complexity index is 2450. The van der Waals surface area contributed by atoms with Crippen LogP contribution >= 0.6 is 0 Å². The summed E-state index contributed by atoms with van der Waals surface area (Å²) < 4.78 is 6.11. The molecule has 0 spiro atoms. The molecule has 0 saturated carbocycles. The highest BCUT2D eigenvalue weighted by atomic mass is 16.6. The van der Waals surface area contributed by atoms with E-state index in [1.54, 1.807) is 46.8 Å². The molecule has 8 amide bonds. The summed E-state index contributed by atoms with van der Waals surface area (Å²) in [5, 5.41) is 20.6. The highest BCUT2D eigenvalue weighted by molar-refractivity contribution is 5.99. The van der Waals surface area contributed by atoms with Crippen molar-refractivity contribution in [3.63, 3.8) is 0 Å². The number of hydrogen-bond donors (Lipinski definition) is 4. The van der Waals surface area contributed by atoms with E-state index in [2.05, 4.69) is 16.0 Å². The van der Waals surface area contributed by atoms with Crippen molar-refractivity contribution in [1.82, 2.24) is 40.4 Å². The summed E-state index contributed by atoms with van der Waals surface area (Å²) in [5.74, 6) is -8.56. The number of fused-ring (bicyclic) bond motifs is 1. The third-order valence-electron chi connectivity index (χ3n) is 16.4. The Kier molecular flexibility index (Phi) is 24.3. The zero-order valence-corrected chi connectivity index (χ0v) is 50.5. The van der Waals surface area contributed by atoms with Crippen molar-refractivity contribution in [2.45, 2.75) is 194 Å². The van der Waals surface area contributed by atoms with Crippen molar-refractivity contribution in [3.05, 3.63) is 71.8 Å². The number of rotatable bonds is 14. The van der Waals surface area contributed by atoms with Crippen molar-refractivity contribution in [2.24, 2.45) is 29.6 Å². The van der Waals surface area contributed by atoms with Crippen LogP contribution in [0.3, 0.4) is 0 Å². The fraction of sp³-hybridized carbons (Fsp3) is 0.656. The van der Waals surface area contributed by atoms with E-state index in [-0.39, 0.29) is 38.1 Å². The molecular weight excluding hydrogens is 1020 g/mol. The molecule has 0 aromatic heterocycles. The second-order valence-electron chi connectivity index (χ2n) is 23.8. The number of nitrogens with zero attached hydrogens (tertiary/aromatic N) is 5. The molecular formula is C61H94N8O11. The number of benzene rings is 2. The average Bonchev–Trinajstić information content (AvgIpc) is 3.91. The van der Waals surface area contributed by atoms with Crippen LogP contribution in [0, 0.1) is 29.6 Å². The highest BCUT2D eigenvalue weighted by Gasteiger charge is 2.48. The smallest absolute Gasteiger partial charge is 0.332 e. The molecule has 2 saturated heterocycles. The standard InChI is InChI=1S/C61H94N8O11/c1-17-38(8)47-58(76)67(15)49(39(9)18-2)54(72)62-43(33-36(4)5)56(74)68(16)51(61(11,12)79)60(78)80-50(40(10)19-3)59(77)66(14)48(37(6)7)53(71)63-44(34-41-27-22-20-23-28-41)55(73)65(13)46(35-42-29-24-21-25-30-42)57(75)69-32-26-31-45(69)52(70)64-47/h20-25,27-30,36-40,43-51,79H,17-19,26,31-35H2,1-16H3,(H,62,72)(H,63,71)(H,64,70)/t38-,39-,40-,43+,44+,45+,46+,47+,48+,49+,50+,51-/m1/s1. The minimum atomic E-state index is -1.97. The van der Waals surface area contributed by atoms with E-state index in [1.807, 2.05) is 83.1 Å². The van der Waals surface area contributed by atoms with Gasteiger partial charge < -0.3 is 50.3 Å².